The zero-order valence-corrected chi connectivity index (χ0v) is 17.9. The van der Waals surface area contributed by atoms with Gasteiger partial charge in [0.1, 0.15) is 5.75 Å². The molecule has 3 N–H and O–H groups in total. The number of benzene rings is 3. The van der Waals surface area contributed by atoms with Gasteiger partial charge >= 0.3 is 0 Å². The van der Waals surface area contributed by atoms with Crippen molar-refractivity contribution >= 4 is 23.2 Å². The molecular formula is C25H27N3O3. The topological polar surface area (TPSA) is 79.5 Å². The Morgan fingerprint density at radius 1 is 0.903 bits per heavy atom. The molecule has 31 heavy (non-hydrogen) atoms. The van der Waals surface area contributed by atoms with Gasteiger partial charge in [0.25, 0.3) is 5.91 Å². The first kappa shape index (κ1) is 22.1. The van der Waals surface area contributed by atoms with Gasteiger partial charge in [0.2, 0.25) is 5.91 Å². The Morgan fingerprint density at radius 3 is 2.29 bits per heavy atom. The number of rotatable bonds is 8. The van der Waals surface area contributed by atoms with Gasteiger partial charge in [-0.2, -0.15) is 0 Å². The molecule has 0 aliphatic heterocycles. The number of methoxy groups -OCH3 is 1. The van der Waals surface area contributed by atoms with Crippen LogP contribution in [0.4, 0.5) is 11.4 Å². The van der Waals surface area contributed by atoms with Crippen LogP contribution in [0, 0.1) is 6.92 Å². The Balaban J connectivity index is 1.62. The fourth-order valence-corrected chi connectivity index (χ4v) is 3.29. The van der Waals surface area contributed by atoms with Gasteiger partial charge in [-0.25, -0.2) is 0 Å². The maximum atomic E-state index is 12.8. The van der Waals surface area contributed by atoms with Gasteiger partial charge in [0.15, 0.2) is 0 Å². The van der Waals surface area contributed by atoms with Crippen molar-refractivity contribution in [2.75, 3.05) is 24.3 Å². The summed E-state index contributed by atoms with van der Waals surface area (Å²) in [6.45, 7) is 4.20. The largest absolute Gasteiger partial charge is 0.497 e. The molecule has 6 nitrogen and oxygen atoms in total. The second-order valence-electron chi connectivity index (χ2n) is 7.24. The highest BCUT2D eigenvalue weighted by Crippen LogP contribution is 2.20. The number of carbonyl (C=O) groups excluding carboxylic acids is 2. The van der Waals surface area contributed by atoms with Crippen molar-refractivity contribution in [3.63, 3.8) is 0 Å². The molecule has 0 aliphatic rings. The number of carbonyl (C=O) groups is 2. The van der Waals surface area contributed by atoms with Crippen molar-refractivity contribution in [2.45, 2.75) is 19.9 Å². The minimum Gasteiger partial charge on any atom is -0.497 e. The fourth-order valence-electron chi connectivity index (χ4n) is 3.29. The zero-order chi connectivity index (χ0) is 22.2. The molecule has 0 aromatic heterocycles. The van der Waals surface area contributed by atoms with Crippen molar-refractivity contribution in [1.29, 1.82) is 0 Å². The lowest BCUT2D eigenvalue weighted by Crippen LogP contribution is -2.31. The van der Waals surface area contributed by atoms with Crippen LogP contribution < -0.4 is 20.7 Å². The molecule has 0 heterocycles. The van der Waals surface area contributed by atoms with Crippen molar-refractivity contribution in [3.8, 4) is 5.75 Å². The minimum atomic E-state index is -0.303. The molecule has 1 unspecified atom stereocenters. The number of aryl methyl sites for hydroxylation is 1. The van der Waals surface area contributed by atoms with Gasteiger partial charge in [-0.3, -0.25) is 9.59 Å². The second kappa shape index (κ2) is 10.4. The number of para-hydroxylation sites is 1. The lowest BCUT2D eigenvalue weighted by molar-refractivity contribution is -0.115. The number of anilines is 2. The van der Waals surface area contributed by atoms with E-state index in [0.717, 1.165) is 5.56 Å². The van der Waals surface area contributed by atoms with E-state index in [1.807, 2.05) is 38.1 Å². The van der Waals surface area contributed by atoms with Gasteiger partial charge in [0, 0.05) is 11.7 Å². The molecule has 2 amide bonds. The van der Waals surface area contributed by atoms with Crippen LogP contribution in [0.3, 0.4) is 0 Å². The molecule has 6 heteroatoms. The van der Waals surface area contributed by atoms with Crippen LogP contribution in [0.25, 0.3) is 0 Å². The summed E-state index contributed by atoms with van der Waals surface area (Å²) in [5.74, 6) is 0.186. The van der Waals surface area contributed by atoms with Crippen LogP contribution in [-0.4, -0.2) is 25.5 Å². The Labute approximate surface area is 182 Å². The fraction of sp³-hybridized carbons (Fsp3) is 0.200. The lowest BCUT2D eigenvalue weighted by atomic mass is 10.0. The van der Waals surface area contributed by atoms with Crippen LogP contribution in [0.2, 0.25) is 0 Å². The predicted octanol–water partition coefficient (Wildman–Crippen LogP) is 4.55. The molecule has 160 valence electrons. The molecule has 0 aliphatic carbocycles. The Morgan fingerprint density at radius 2 is 1.58 bits per heavy atom. The maximum absolute atomic E-state index is 12.8. The number of ether oxygens (including phenoxy) is 1. The molecule has 1 atom stereocenters. The summed E-state index contributed by atoms with van der Waals surface area (Å²) in [4.78, 5) is 25.3. The molecular weight excluding hydrogens is 390 g/mol. The first-order chi connectivity index (χ1) is 15.0. The van der Waals surface area contributed by atoms with E-state index in [9.17, 15) is 9.59 Å². The van der Waals surface area contributed by atoms with Gasteiger partial charge in [-0.1, -0.05) is 36.4 Å². The van der Waals surface area contributed by atoms with Crippen LogP contribution in [0.1, 0.15) is 34.5 Å². The second-order valence-corrected chi connectivity index (χ2v) is 7.24. The molecule has 3 aromatic carbocycles. The van der Waals surface area contributed by atoms with Gasteiger partial charge in [0.05, 0.1) is 24.9 Å². The van der Waals surface area contributed by atoms with Crippen LogP contribution in [0.15, 0.2) is 72.8 Å². The number of hydrogen-bond acceptors (Lipinski definition) is 4. The van der Waals surface area contributed by atoms with E-state index in [4.69, 9.17) is 4.74 Å². The van der Waals surface area contributed by atoms with Crippen molar-refractivity contribution in [1.82, 2.24) is 5.32 Å². The summed E-state index contributed by atoms with van der Waals surface area (Å²) >= 11 is 0. The standard InChI is InChI=1S/C25H27N3O3/c1-17-8-4-5-9-21(17)18(2)26-16-24(29)28-23-11-7-6-10-22(23)25(30)27-19-12-14-20(31-3)15-13-19/h4-15,18,26H,16H2,1-3H3,(H,27,30)(H,28,29). The van der Waals surface area contributed by atoms with E-state index in [1.54, 1.807) is 55.6 Å². The van der Waals surface area contributed by atoms with E-state index in [2.05, 4.69) is 16.0 Å². The molecule has 0 fully saturated rings. The molecule has 0 bridgehead atoms. The summed E-state index contributed by atoms with van der Waals surface area (Å²) in [7, 11) is 1.59. The van der Waals surface area contributed by atoms with E-state index in [1.165, 1.54) is 5.56 Å². The molecule has 0 saturated heterocycles. The highest BCUT2D eigenvalue weighted by atomic mass is 16.5. The van der Waals surface area contributed by atoms with E-state index in [0.29, 0.717) is 22.7 Å². The number of nitrogens with one attached hydrogen (secondary N) is 3. The number of hydrogen-bond donors (Lipinski definition) is 3. The summed E-state index contributed by atoms with van der Waals surface area (Å²) < 4.78 is 5.13. The number of amides is 2. The summed E-state index contributed by atoms with van der Waals surface area (Å²) in [6.07, 6.45) is 0. The van der Waals surface area contributed by atoms with Gasteiger partial charge in [-0.05, 0) is 61.4 Å². The summed E-state index contributed by atoms with van der Waals surface area (Å²) in [5, 5.41) is 8.91. The molecule has 0 spiro atoms. The molecule has 0 saturated carbocycles. The minimum absolute atomic E-state index is 0.0283. The van der Waals surface area contributed by atoms with Crippen molar-refractivity contribution < 1.29 is 14.3 Å². The zero-order valence-electron chi connectivity index (χ0n) is 17.9. The molecule has 3 aromatic rings. The van der Waals surface area contributed by atoms with Crippen molar-refractivity contribution in [2.24, 2.45) is 0 Å². The Kier molecular flexibility index (Phi) is 7.40. The third kappa shape index (κ3) is 5.93. The average molecular weight is 418 g/mol. The quantitative estimate of drug-likeness (QED) is 0.503. The van der Waals surface area contributed by atoms with E-state index < -0.39 is 0 Å². The van der Waals surface area contributed by atoms with Crippen LogP contribution in [-0.2, 0) is 4.79 Å². The molecule has 3 rings (SSSR count). The van der Waals surface area contributed by atoms with Crippen molar-refractivity contribution in [3.05, 3.63) is 89.5 Å². The van der Waals surface area contributed by atoms with E-state index >= 15 is 0 Å². The first-order valence-electron chi connectivity index (χ1n) is 10.1. The Hall–Kier alpha value is -3.64. The van der Waals surface area contributed by atoms with E-state index in [-0.39, 0.29) is 24.4 Å². The monoisotopic (exact) mass is 417 g/mol. The first-order valence-corrected chi connectivity index (χ1v) is 10.1. The highest BCUT2D eigenvalue weighted by Gasteiger charge is 2.15. The van der Waals surface area contributed by atoms with Crippen LogP contribution >= 0.6 is 0 Å². The SMILES string of the molecule is COc1ccc(NC(=O)c2ccccc2NC(=O)CNC(C)c2ccccc2C)cc1. The smallest absolute Gasteiger partial charge is 0.257 e. The normalized spacial score (nSPS) is 11.5. The average Bonchev–Trinajstić information content (AvgIpc) is 2.78. The highest BCUT2D eigenvalue weighted by molar-refractivity contribution is 6.10. The van der Waals surface area contributed by atoms with Crippen LogP contribution in [0.5, 0.6) is 5.75 Å². The summed E-state index contributed by atoms with van der Waals surface area (Å²) in [6, 6.07) is 22.1. The Bertz CT molecular complexity index is 1050. The lowest BCUT2D eigenvalue weighted by Gasteiger charge is -2.17. The maximum Gasteiger partial charge on any atom is 0.257 e. The summed E-state index contributed by atoms with van der Waals surface area (Å²) in [5.41, 5.74) is 3.81. The van der Waals surface area contributed by atoms with Gasteiger partial charge in [-0.15, -0.1) is 0 Å². The predicted molar refractivity (Wildman–Crippen MR) is 124 cm³/mol. The third-order valence-electron chi connectivity index (χ3n) is 5.02. The van der Waals surface area contributed by atoms with Gasteiger partial charge < -0.3 is 20.7 Å². The third-order valence-corrected chi connectivity index (χ3v) is 5.02. The molecule has 0 radical (unpaired) electrons.